The first-order chi connectivity index (χ1) is 5.14. The predicted octanol–water partition coefficient (Wildman–Crippen LogP) is -0.541. The lowest BCUT2D eigenvalue weighted by Gasteiger charge is -2.49. The standard InChI is InChI=1S/C8H22N4/c1-7(2,11(3)4)8(9,10)12(5)6/h9-10H2,1-6H3. The summed E-state index contributed by atoms with van der Waals surface area (Å²) in [4.78, 5) is 3.85. The van der Waals surface area contributed by atoms with E-state index in [0.717, 1.165) is 0 Å². The highest BCUT2D eigenvalue weighted by atomic mass is 15.4. The Morgan fingerprint density at radius 3 is 1.25 bits per heavy atom. The van der Waals surface area contributed by atoms with Crippen molar-refractivity contribution in [3.8, 4) is 0 Å². The quantitative estimate of drug-likeness (QED) is 0.564. The van der Waals surface area contributed by atoms with E-state index in [-0.39, 0.29) is 5.54 Å². The highest BCUT2D eigenvalue weighted by molar-refractivity contribution is 4.97. The van der Waals surface area contributed by atoms with Crippen LogP contribution in [-0.2, 0) is 0 Å². The van der Waals surface area contributed by atoms with Crippen LogP contribution in [0.25, 0.3) is 0 Å². The summed E-state index contributed by atoms with van der Waals surface area (Å²) in [6, 6.07) is 0. The van der Waals surface area contributed by atoms with Crippen molar-refractivity contribution in [3.63, 3.8) is 0 Å². The molecular weight excluding hydrogens is 152 g/mol. The van der Waals surface area contributed by atoms with Crippen molar-refractivity contribution in [1.29, 1.82) is 0 Å². The molecule has 0 aromatic rings. The van der Waals surface area contributed by atoms with Gasteiger partial charge < -0.3 is 0 Å². The van der Waals surface area contributed by atoms with Crippen molar-refractivity contribution in [1.82, 2.24) is 9.80 Å². The molecule has 0 fully saturated rings. The zero-order valence-electron chi connectivity index (χ0n) is 9.05. The summed E-state index contributed by atoms with van der Waals surface area (Å²) in [6.07, 6.45) is 0. The maximum absolute atomic E-state index is 6.00. The average molecular weight is 174 g/mol. The molecule has 0 aliphatic carbocycles. The zero-order valence-corrected chi connectivity index (χ0v) is 9.05. The summed E-state index contributed by atoms with van der Waals surface area (Å²) in [7, 11) is 7.70. The fourth-order valence-corrected chi connectivity index (χ4v) is 0.905. The number of hydrogen-bond donors (Lipinski definition) is 2. The van der Waals surface area contributed by atoms with E-state index in [1.807, 2.05) is 51.8 Å². The molecule has 0 radical (unpaired) electrons. The van der Waals surface area contributed by atoms with Gasteiger partial charge in [-0.3, -0.25) is 21.3 Å². The fraction of sp³-hybridized carbons (Fsp3) is 1.00. The van der Waals surface area contributed by atoms with E-state index in [0.29, 0.717) is 0 Å². The second-order valence-electron chi connectivity index (χ2n) is 4.17. The SMILES string of the molecule is CN(C)C(C)(C)C(N)(N)N(C)C. The summed E-state index contributed by atoms with van der Waals surface area (Å²) in [5.74, 6) is -0.823. The molecule has 0 amide bonds. The number of nitrogens with two attached hydrogens (primary N) is 2. The van der Waals surface area contributed by atoms with E-state index < -0.39 is 5.79 Å². The van der Waals surface area contributed by atoms with Crippen molar-refractivity contribution in [2.24, 2.45) is 11.5 Å². The van der Waals surface area contributed by atoms with Crippen LogP contribution in [0.4, 0.5) is 0 Å². The van der Waals surface area contributed by atoms with Crippen LogP contribution in [0.15, 0.2) is 0 Å². The molecular formula is C8H22N4. The lowest BCUT2D eigenvalue weighted by molar-refractivity contribution is -0.00299. The molecule has 0 heterocycles. The van der Waals surface area contributed by atoms with Crippen molar-refractivity contribution in [2.45, 2.75) is 25.2 Å². The van der Waals surface area contributed by atoms with Gasteiger partial charge in [0.25, 0.3) is 0 Å². The molecule has 0 aliphatic heterocycles. The van der Waals surface area contributed by atoms with E-state index in [2.05, 4.69) is 0 Å². The molecule has 0 saturated carbocycles. The van der Waals surface area contributed by atoms with Crippen molar-refractivity contribution in [2.75, 3.05) is 28.2 Å². The first-order valence-electron chi connectivity index (χ1n) is 4.06. The van der Waals surface area contributed by atoms with Gasteiger partial charge in [0.1, 0.15) is 5.79 Å². The third kappa shape index (κ3) is 1.77. The van der Waals surface area contributed by atoms with Crippen LogP contribution < -0.4 is 11.5 Å². The maximum atomic E-state index is 6.00. The number of hydrogen-bond acceptors (Lipinski definition) is 4. The van der Waals surface area contributed by atoms with E-state index in [1.165, 1.54) is 0 Å². The van der Waals surface area contributed by atoms with E-state index in [1.54, 1.807) is 0 Å². The van der Waals surface area contributed by atoms with Crippen LogP contribution in [0.2, 0.25) is 0 Å². The summed E-state index contributed by atoms with van der Waals surface area (Å²) >= 11 is 0. The van der Waals surface area contributed by atoms with Gasteiger partial charge in [-0.1, -0.05) is 0 Å². The smallest absolute Gasteiger partial charge is 0.138 e. The minimum absolute atomic E-state index is 0.267. The van der Waals surface area contributed by atoms with E-state index in [9.17, 15) is 0 Å². The highest BCUT2D eigenvalue weighted by Crippen LogP contribution is 2.21. The van der Waals surface area contributed by atoms with Crippen LogP contribution >= 0.6 is 0 Å². The van der Waals surface area contributed by atoms with E-state index >= 15 is 0 Å². The highest BCUT2D eigenvalue weighted by Gasteiger charge is 2.42. The minimum Gasteiger partial charge on any atom is -0.300 e. The monoisotopic (exact) mass is 174 g/mol. The summed E-state index contributed by atoms with van der Waals surface area (Å²) < 4.78 is 0. The summed E-state index contributed by atoms with van der Waals surface area (Å²) in [5, 5.41) is 0. The topological polar surface area (TPSA) is 58.5 Å². The second-order valence-corrected chi connectivity index (χ2v) is 4.17. The van der Waals surface area contributed by atoms with Gasteiger partial charge in [0.2, 0.25) is 0 Å². The third-order valence-corrected chi connectivity index (χ3v) is 2.84. The van der Waals surface area contributed by atoms with Gasteiger partial charge in [-0.15, -0.1) is 0 Å². The Morgan fingerprint density at radius 2 is 1.17 bits per heavy atom. The number of likely N-dealkylation sites (N-methyl/N-ethyl adjacent to an activating group) is 2. The van der Waals surface area contributed by atoms with Crippen LogP contribution in [0.5, 0.6) is 0 Å². The minimum atomic E-state index is -0.823. The van der Waals surface area contributed by atoms with Crippen LogP contribution in [0.3, 0.4) is 0 Å². The van der Waals surface area contributed by atoms with E-state index in [4.69, 9.17) is 11.5 Å². The molecule has 0 saturated heterocycles. The van der Waals surface area contributed by atoms with Gasteiger partial charge in [-0.05, 0) is 42.0 Å². The van der Waals surface area contributed by atoms with Crippen LogP contribution in [-0.4, -0.2) is 49.3 Å². The van der Waals surface area contributed by atoms with Gasteiger partial charge in [0, 0.05) is 0 Å². The first kappa shape index (κ1) is 11.8. The normalized spacial score (nSPS) is 14.5. The van der Waals surface area contributed by atoms with Gasteiger partial charge in [0.15, 0.2) is 0 Å². The molecule has 0 spiro atoms. The fourth-order valence-electron chi connectivity index (χ4n) is 0.905. The molecule has 0 aromatic heterocycles. The Bertz CT molecular complexity index is 131. The van der Waals surface area contributed by atoms with Gasteiger partial charge >= 0.3 is 0 Å². The summed E-state index contributed by atoms with van der Waals surface area (Å²) in [5.41, 5.74) is 11.7. The lowest BCUT2D eigenvalue weighted by Crippen LogP contribution is -2.75. The Hall–Kier alpha value is -0.160. The molecule has 4 heteroatoms. The third-order valence-electron chi connectivity index (χ3n) is 2.84. The Labute approximate surface area is 75.5 Å². The molecule has 0 unspecified atom stereocenters. The van der Waals surface area contributed by atoms with Crippen molar-refractivity contribution in [3.05, 3.63) is 0 Å². The zero-order chi connectivity index (χ0) is 10.2. The van der Waals surface area contributed by atoms with Gasteiger partial charge in [0.05, 0.1) is 5.54 Å². The first-order valence-corrected chi connectivity index (χ1v) is 4.06. The van der Waals surface area contributed by atoms with Crippen LogP contribution in [0, 0.1) is 0 Å². The molecule has 4 N–H and O–H groups in total. The van der Waals surface area contributed by atoms with Crippen molar-refractivity contribution >= 4 is 0 Å². The Kier molecular flexibility index (Phi) is 3.25. The molecule has 74 valence electrons. The number of nitrogens with zero attached hydrogens (tertiary/aromatic N) is 2. The molecule has 0 bridgehead atoms. The Balaban J connectivity index is 4.75. The maximum Gasteiger partial charge on any atom is 0.138 e. The molecule has 12 heavy (non-hydrogen) atoms. The lowest BCUT2D eigenvalue weighted by atomic mass is 9.94. The van der Waals surface area contributed by atoms with Gasteiger partial charge in [-0.25, -0.2) is 0 Å². The Morgan fingerprint density at radius 1 is 0.833 bits per heavy atom. The second kappa shape index (κ2) is 3.30. The largest absolute Gasteiger partial charge is 0.300 e. The molecule has 4 nitrogen and oxygen atoms in total. The van der Waals surface area contributed by atoms with Crippen LogP contribution in [0.1, 0.15) is 13.8 Å². The predicted molar refractivity (Wildman–Crippen MR) is 52.6 cm³/mol. The number of rotatable bonds is 3. The molecule has 0 atom stereocenters. The molecule has 0 rings (SSSR count). The van der Waals surface area contributed by atoms with Gasteiger partial charge in [-0.2, -0.15) is 0 Å². The molecule has 0 aliphatic rings. The summed E-state index contributed by atoms with van der Waals surface area (Å²) in [6.45, 7) is 4.04. The van der Waals surface area contributed by atoms with Crippen molar-refractivity contribution < 1.29 is 0 Å². The molecule has 0 aromatic carbocycles. The average Bonchev–Trinajstić information content (AvgIpc) is 1.86.